The molecule has 0 aromatic heterocycles. The number of hydrogen-bond acceptors (Lipinski definition) is 3. The summed E-state index contributed by atoms with van der Waals surface area (Å²) in [6.07, 6.45) is 0. The molecule has 0 heterocycles. The smallest absolute Gasteiger partial charge is 0.123 e. The molecule has 0 amide bonds. The van der Waals surface area contributed by atoms with Gasteiger partial charge in [-0.05, 0) is 51.8 Å². The van der Waals surface area contributed by atoms with Crippen LogP contribution in [-0.2, 0) is 10.8 Å². The highest BCUT2D eigenvalue weighted by molar-refractivity contribution is 8.79. The number of hydrogen-bond donors (Lipinski definition) is 1. The van der Waals surface area contributed by atoms with E-state index in [-0.39, 0.29) is 10.8 Å². The van der Waals surface area contributed by atoms with Gasteiger partial charge in [-0.3, -0.25) is 0 Å². The van der Waals surface area contributed by atoms with Gasteiger partial charge < -0.3 is 5.11 Å². The minimum Gasteiger partial charge on any atom is -0.507 e. The lowest BCUT2D eigenvalue weighted by molar-refractivity contribution is 0.423. The van der Waals surface area contributed by atoms with Crippen molar-refractivity contribution < 1.29 is 5.11 Å². The Bertz CT molecular complexity index is 537. The fraction of sp³-hybridized carbons (Fsp3) is 0.474. The minimum absolute atomic E-state index is 0.0939. The highest BCUT2D eigenvalue weighted by atomic mass is 33.1. The van der Waals surface area contributed by atoms with Gasteiger partial charge in [-0.2, -0.15) is 0 Å². The highest BCUT2D eigenvalue weighted by Gasteiger charge is 2.26. The summed E-state index contributed by atoms with van der Waals surface area (Å²) in [5.41, 5.74) is 4.19. The molecule has 0 radical (unpaired) electrons. The first-order chi connectivity index (χ1) is 9.98. The lowest BCUT2D eigenvalue weighted by Crippen LogP contribution is -2.17. The third-order valence-corrected chi connectivity index (χ3v) is 5.26. The maximum atomic E-state index is 10.7. The topological polar surface area (TPSA) is 20.2 Å². The second kappa shape index (κ2) is 7.18. The van der Waals surface area contributed by atoms with Crippen molar-refractivity contribution in [1.82, 2.24) is 0 Å². The standard InChI is InChI=1S/C19H28OS2/c1-9-21-22-12-13(2)14-10-15(18(3,4)5)17(20)16(11-14)19(6,7)8/h9-12,20H,1H2,2-8H3/b13-12+. The number of phenols is 1. The minimum atomic E-state index is -0.0939. The van der Waals surface area contributed by atoms with Crippen LogP contribution in [0, 0.1) is 0 Å². The molecule has 1 rings (SSSR count). The van der Waals surface area contributed by atoms with Crippen molar-refractivity contribution in [3.8, 4) is 5.75 Å². The Balaban J connectivity index is 3.48. The van der Waals surface area contributed by atoms with E-state index in [1.54, 1.807) is 21.6 Å². The molecule has 1 N–H and O–H groups in total. The van der Waals surface area contributed by atoms with Crippen LogP contribution in [0.5, 0.6) is 5.75 Å². The van der Waals surface area contributed by atoms with Crippen LogP contribution < -0.4 is 0 Å². The van der Waals surface area contributed by atoms with Gasteiger partial charge in [0, 0.05) is 11.1 Å². The van der Waals surface area contributed by atoms with E-state index in [0.29, 0.717) is 5.75 Å². The zero-order valence-corrected chi connectivity index (χ0v) is 16.4. The van der Waals surface area contributed by atoms with Crippen LogP contribution in [0.3, 0.4) is 0 Å². The third kappa shape index (κ3) is 4.85. The summed E-state index contributed by atoms with van der Waals surface area (Å²) < 4.78 is 0. The first-order valence-electron chi connectivity index (χ1n) is 7.46. The average Bonchev–Trinajstić information content (AvgIpc) is 2.36. The van der Waals surface area contributed by atoms with Crippen molar-refractivity contribution in [3.63, 3.8) is 0 Å². The molecule has 22 heavy (non-hydrogen) atoms. The van der Waals surface area contributed by atoms with Crippen LogP contribution >= 0.6 is 21.6 Å². The predicted octanol–water partition coefficient (Wildman–Crippen LogP) is 6.87. The van der Waals surface area contributed by atoms with Crippen LogP contribution in [-0.4, -0.2) is 5.11 Å². The molecular formula is C19H28OS2. The monoisotopic (exact) mass is 336 g/mol. The van der Waals surface area contributed by atoms with E-state index >= 15 is 0 Å². The fourth-order valence-electron chi connectivity index (χ4n) is 2.21. The number of aromatic hydroxyl groups is 1. The van der Waals surface area contributed by atoms with Crippen molar-refractivity contribution in [3.05, 3.63) is 46.2 Å². The van der Waals surface area contributed by atoms with Crippen LogP contribution in [0.4, 0.5) is 0 Å². The molecule has 0 aliphatic rings. The Labute approximate surface area is 143 Å². The zero-order valence-electron chi connectivity index (χ0n) is 14.8. The molecule has 0 aliphatic carbocycles. The van der Waals surface area contributed by atoms with Crippen LogP contribution in [0.2, 0.25) is 0 Å². The lowest BCUT2D eigenvalue weighted by atomic mass is 9.78. The molecule has 1 nitrogen and oxygen atoms in total. The van der Waals surface area contributed by atoms with E-state index < -0.39 is 0 Å². The molecule has 0 aliphatic heterocycles. The van der Waals surface area contributed by atoms with Gasteiger partial charge in [0.1, 0.15) is 5.75 Å². The first kappa shape index (κ1) is 19.2. The quantitative estimate of drug-likeness (QED) is 0.478. The van der Waals surface area contributed by atoms with Gasteiger partial charge in [0.05, 0.1) is 0 Å². The van der Waals surface area contributed by atoms with E-state index in [1.807, 2.05) is 5.41 Å². The highest BCUT2D eigenvalue weighted by Crippen LogP contribution is 2.41. The molecule has 122 valence electrons. The second-order valence-corrected chi connectivity index (χ2v) is 9.69. The summed E-state index contributed by atoms with van der Waals surface area (Å²) in [6.45, 7) is 18.7. The zero-order chi connectivity index (χ0) is 17.1. The Morgan fingerprint density at radius 1 is 1.00 bits per heavy atom. The van der Waals surface area contributed by atoms with Gasteiger partial charge in [0.2, 0.25) is 0 Å². The maximum absolute atomic E-state index is 10.7. The summed E-state index contributed by atoms with van der Waals surface area (Å²) in [6, 6.07) is 4.24. The molecule has 1 aromatic carbocycles. The van der Waals surface area contributed by atoms with E-state index in [4.69, 9.17) is 0 Å². The van der Waals surface area contributed by atoms with Gasteiger partial charge in [0.15, 0.2) is 0 Å². The molecule has 3 heteroatoms. The van der Waals surface area contributed by atoms with Crippen molar-refractivity contribution >= 4 is 27.2 Å². The van der Waals surface area contributed by atoms with E-state index in [2.05, 4.69) is 72.6 Å². The third-order valence-electron chi connectivity index (χ3n) is 3.53. The number of allylic oxidation sites excluding steroid dienone is 1. The van der Waals surface area contributed by atoms with Gasteiger partial charge in [-0.15, -0.1) is 0 Å². The molecule has 0 spiro atoms. The van der Waals surface area contributed by atoms with Crippen LogP contribution in [0.1, 0.15) is 65.2 Å². The molecular weight excluding hydrogens is 308 g/mol. The summed E-state index contributed by atoms with van der Waals surface area (Å²) in [5, 5.41) is 14.7. The van der Waals surface area contributed by atoms with E-state index in [0.717, 1.165) is 11.1 Å². The average molecular weight is 337 g/mol. The van der Waals surface area contributed by atoms with Gasteiger partial charge in [-0.1, -0.05) is 69.7 Å². The summed E-state index contributed by atoms with van der Waals surface area (Å²) in [4.78, 5) is 0. The Morgan fingerprint density at radius 3 is 1.82 bits per heavy atom. The molecule has 0 fully saturated rings. The number of rotatable bonds is 4. The molecule has 0 saturated carbocycles. The van der Waals surface area contributed by atoms with Gasteiger partial charge >= 0.3 is 0 Å². The lowest BCUT2D eigenvalue weighted by Gasteiger charge is -2.28. The SMILES string of the molecule is C=CSS/C=C(\C)c1cc(C(C)(C)C)c(O)c(C(C)(C)C)c1. The van der Waals surface area contributed by atoms with Crippen molar-refractivity contribution in [2.45, 2.75) is 59.3 Å². The largest absolute Gasteiger partial charge is 0.507 e. The van der Waals surface area contributed by atoms with Crippen LogP contribution in [0.15, 0.2) is 29.5 Å². The Kier molecular flexibility index (Phi) is 6.28. The van der Waals surface area contributed by atoms with Crippen molar-refractivity contribution in [2.24, 2.45) is 0 Å². The Morgan fingerprint density at radius 2 is 1.45 bits per heavy atom. The van der Waals surface area contributed by atoms with Crippen molar-refractivity contribution in [2.75, 3.05) is 0 Å². The molecule has 0 atom stereocenters. The molecule has 0 bridgehead atoms. The summed E-state index contributed by atoms with van der Waals surface area (Å²) >= 11 is 0. The molecule has 0 unspecified atom stereocenters. The fourth-order valence-corrected chi connectivity index (χ4v) is 3.46. The second-order valence-electron chi connectivity index (χ2n) is 7.58. The predicted molar refractivity (Wildman–Crippen MR) is 105 cm³/mol. The maximum Gasteiger partial charge on any atom is 0.123 e. The van der Waals surface area contributed by atoms with Gasteiger partial charge in [0.25, 0.3) is 0 Å². The molecule has 0 saturated heterocycles. The van der Waals surface area contributed by atoms with Gasteiger partial charge in [-0.25, -0.2) is 0 Å². The summed E-state index contributed by atoms with van der Waals surface area (Å²) in [7, 11) is 3.27. The normalized spacial score (nSPS) is 13.3. The number of phenolic OH excluding ortho intramolecular Hbond substituents is 1. The van der Waals surface area contributed by atoms with E-state index in [9.17, 15) is 5.11 Å². The molecule has 1 aromatic rings. The van der Waals surface area contributed by atoms with E-state index in [1.165, 1.54) is 11.1 Å². The summed E-state index contributed by atoms with van der Waals surface area (Å²) in [5.74, 6) is 0.435. The first-order valence-corrected chi connectivity index (χ1v) is 9.74. The van der Waals surface area contributed by atoms with Crippen LogP contribution in [0.25, 0.3) is 5.57 Å². The van der Waals surface area contributed by atoms with Crippen molar-refractivity contribution in [1.29, 1.82) is 0 Å². The number of benzene rings is 1. The Hall–Kier alpha value is -0.800.